The number of halogens is 1. The van der Waals surface area contributed by atoms with E-state index in [1.165, 1.54) is 0 Å². The Kier molecular flexibility index (Phi) is 7.73. The highest BCUT2D eigenvalue weighted by Crippen LogP contribution is 2.07. The summed E-state index contributed by atoms with van der Waals surface area (Å²) in [6.45, 7) is 2.95. The quantitative estimate of drug-likeness (QED) is 0.585. The molecule has 1 aromatic carbocycles. The van der Waals surface area contributed by atoms with Crippen molar-refractivity contribution in [3.8, 4) is 0 Å². The van der Waals surface area contributed by atoms with Crippen molar-refractivity contribution >= 4 is 22.9 Å². The highest BCUT2D eigenvalue weighted by Gasteiger charge is 2.03. The first kappa shape index (κ1) is 16.5. The van der Waals surface area contributed by atoms with Crippen LogP contribution in [0.1, 0.15) is 48.5 Å². The Morgan fingerprint density at radius 2 is 1.85 bits per heavy atom. The molecule has 0 saturated carbocycles. The van der Waals surface area contributed by atoms with Gasteiger partial charge in [0.25, 0.3) is 5.24 Å². The molecule has 0 fully saturated rings. The SMILES string of the molecule is CCCCCCOC(=O)NCc1ccc(C(=O)Cl)cc1. The van der Waals surface area contributed by atoms with Gasteiger partial charge in [-0.25, -0.2) is 4.79 Å². The number of hydrogen-bond acceptors (Lipinski definition) is 3. The number of carbonyl (C=O) groups excluding carboxylic acids is 2. The average Bonchev–Trinajstić information content (AvgIpc) is 2.45. The van der Waals surface area contributed by atoms with E-state index < -0.39 is 11.3 Å². The molecule has 1 N–H and O–H groups in total. The molecule has 5 heteroatoms. The minimum atomic E-state index is -0.490. The van der Waals surface area contributed by atoms with Gasteiger partial charge in [0, 0.05) is 12.1 Å². The molecule has 0 unspecified atom stereocenters. The molecule has 0 saturated heterocycles. The molecular weight excluding hydrogens is 278 g/mol. The van der Waals surface area contributed by atoms with Crippen LogP contribution in [-0.2, 0) is 11.3 Å². The lowest BCUT2D eigenvalue weighted by molar-refractivity contribution is 0.108. The van der Waals surface area contributed by atoms with Crippen LogP contribution in [0.15, 0.2) is 24.3 Å². The summed E-state index contributed by atoms with van der Waals surface area (Å²) in [7, 11) is 0. The van der Waals surface area contributed by atoms with E-state index in [2.05, 4.69) is 12.2 Å². The van der Waals surface area contributed by atoms with Crippen LogP contribution in [0.5, 0.6) is 0 Å². The van der Waals surface area contributed by atoms with Crippen LogP contribution in [-0.4, -0.2) is 17.9 Å². The summed E-state index contributed by atoms with van der Waals surface area (Å²) in [6, 6.07) is 6.75. The van der Waals surface area contributed by atoms with Gasteiger partial charge in [-0.2, -0.15) is 0 Å². The number of amides is 1. The van der Waals surface area contributed by atoms with Gasteiger partial charge in [-0.3, -0.25) is 4.79 Å². The number of carbonyl (C=O) groups is 2. The van der Waals surface area contributed by atoms with Gasteiger partial charge in [0.15, 0.2) is 0 Å². The number of ether oxygens (including phenoxy) is 1. The largest absolute Gasteiger partial charge is 0.450 e. The molecule has 0 spiro atoms. The maximum absolute atomic E-state index is 11.4. The fourth-order valence-electron chi connectivity index (χ4n) is 1.67. The second-order valence-electron chi connectivity index (χ2n) is 4.52. The molecule has 4 nitrogen and oxygen atoms in total. The van der Waals surface area contributed by atoms with Crippen molar-refractivity contribution in [1.29, 1.82) is 0 Å². The molecule has 0 bridgehead atoms. The second kappa shape index (κ2) is 9.37. The average molecular weight is 298 g/mol. The van der Waals surface area contributed by atoms with Crippen LogP contribution >= 0.6 is 11.6 Å². The Hall–Kier alpha value is -1.55. The molecule has 110 valence electrons. The molecule has 0 heterocycles. The molecule has 0 aromatic heterocycles. The number of unbranched alkanes of at least 4 members (excludes halogenated alkanes) is 3. The Bertz CT molecular complexity index is 431. The maximum Gasteiger partial charge on any atom is 0.407 e. The van der Waals surface area contributed by atoms with E-state index in [-0.39, 0.29) is 0 Å². The summed E-state index contributed by atoms with van der Waals surface area (Å²) in [5.41, 5.74) is 1.32. The lowest BCUT2D eigenvalue weighted by Crippen LogP contribution is -2.24. The predicted octanol–water partition coefficient (Wildman–Crippen LogP) is 3.87. The molecule has 1 rings (SSSR count). The Morgan fingerprint density at radius 1 is 1.15 bits per heavy atom. The van der Waals surface area contributed by atoms with Crippen molar-refractivity contribution in [2.24, 2.45) is 0 Å². The number of nitrogens with one attached hydrogen (secondary N) is 1. The molecule has 0 aliphatic rings. The van der Waals surface area contributed by atoms with E-state index in [4.69, 9.17) is 16.3 Å². The van der Waals surface area contributed by atoms with Gasteiger partial charge in [-0.15, -0.1) is 0 Å². The van der Waals surface area contributed by atoms with E-state index in [1.54, 1.807) is 24.3 Å². The van der Waals surface area contributed by atoms with Crippen LogP contribution < -0.4 is 5.32 Å². The van der Waals surface area contributed by atoms with E-state index >= 15 is 0 Å². The van der Waals surface area contributed by atoms with Crippen molar-refractivity contribution in [2.45, 2.75) is 39.2 Å². The number of hydrogen-bond donors (Lipinski definition) is 1. The van der Waals surface area contributed by atoms with Crippen LogP contribution in [0.25, 0.3) is 0 Å². The monoisotopic (exact) mass is 297 g/mol. The number of benzene rings is 1. The summed E-state index contributed by atoms with van der Waals surface area (Å²) in [5.74, 6) is 0. The third-order valence-corrected chi connectivity index (χ3v) is 3.07. The summed E-state index contributed by atoms with van der Waals surface area (Å²) < 4.78 is 5.05. The molecule has 0 aliphatic heterocycles. The van der Waals surface area contributed by atoms with Crippen LogP contribution in [0.2, 0.25) is 0 Å². The zero-order valence-electron chi connectivity index (χ0n) is 11.7. The molecular formula is C15H20ClNO3. The molecule has 1 aromatic rings. The van der Waals surface area contributed by atoms with Crippen molar-refractivity contribution in [3.05, 3.63) is 35.4 Å². The van der Waals surface area contributed by atoms with E-state index in [1.807, 2.05) is 0 Å². The van der Waals surface area contributed by atoms with Crippen molar-refractivity contribution in [1.82, 2.24) is 5.32 Å². The number of alkyl carbamates (subject to hydrolysis) is 1. The maximum atomic E-state index is 11.4. The summed E-state index contributed by atoms with van der Waals surface area (Å²) in [5, 5.41) is 2.17. The van der Waals surface area contributed by atoms with E-state index in [9.17, 15) is 9.59 Å². The molecule has 0 atom stereocenters. The van der Waals surface area contributed by atoms with Crippen LogP contribution in [0, 0.1) is 0 Å². The molecule has 0 radical (unpaired) electrons. The zero-order chi connectivity index (χ0) is 14.8. The van der Waals surface area contributed by atoms with Gasteiger partial charge in [-0.05, 0) is 35.7 Å². The molecule has 20 heavy (non-hydrogen) atoms. The Balaban J connectivity index is 2.22. The minimum absolute atomic E-state index is 0.366. The second-order valence-corrected chi connectivity index (χ2v) is 4.86. The fraction of sp³-hybridized carbons (Fsp3) is 0.467. The molecule has 1 amide bonds. The smallest absolute Gasteiger partial charge is 0.407 e. The van der Waals surface area contributed by atoms with Crippen LogP contribution in [0.3, 0.4) is 0 Å². The Labute approximate surface area is 124 Å². The van der Waals surface area contributed by atoms with Crippen molar-refractivity contribution < 1.29 is 14.3 Å². The van der Waals surface area contributed by atoms with Crippen molar-refractivity contribution in [3.63, 3.8) is 0 Å². The van der Waals surface area contributed by atoms with Gasteiger partial charge in [-0.1, -0.05) is 38.3 Å². The minimum Gasteiger partial charge on any atom is -0.450 e. The molecule has 0 aliphatic carbocycles. The highest BCUT2D eigenvalue weighted by atomic mass is 35.5. The first-order valence-electron chi connectivity index (χ1n) is 6.83. The van der Waals surface area contributed by atoms with Gasteiger partial charge < -0.3 is 10.1 Å². The topological polar surface area (TPSA) is 55.4 Å². The number of rotatable bonds is 8. The predicted molar refractivity (Wildman–Crippen MR) is 79.0 cm³/mol. The third kappa shape index (κ3) is 6.57. The first-order valence-corrected chi connectivity index (χ1v) is 7.20. The lowest BCUT2D eigenvalue weighted by Gasteiger charge is -2.07. The van der Waals surface area contributed by atoms with Crippen molar-refractivity contribution in [2.75, 3.05) is 6.61 Å². The normalized spacial score (nSPS) is 10.1. The summed E-state index contributed by atoms with van der Waals surface area (Å²) >= 11 is 5.35. The summed E-state index contributed by atoms with van der Waals surface area (Å²) in [6.07, 6.45) is 3.88. The lowest BCUT2D eigenvalue weighted by atomic mass is 10.1. The van der Waals surface area contributed by atoms with Gasteiger partial charge in [0.1, 0.15) is 0 Å². The van der Waals surface area contributed by atoms with E-state index in [0.29, 0.717) is 18.7 Å². The first-order chi connectivity index (χ1) is 9.63. The van der Waals surface area contributed by atoms with Gasteiger partial charge >= 0.3 is 6.09 Å². The van der Waals surface area contributed by atoms with Gasteiger partial charge in [0.2, 0.25) is 0 Å². The van der Waals surface area contributed by atoms with Gasteiger partial charge in [0.05, 0.1) is 6.61 Å². The van der Waals surface area contributed by atoms with E-state index in [0.717, 1.165) is 31.2 Å². The highest BCUT2D eigenvalue weighted by molar-refractivity contribution is 6.67. The summed E-state index contributed by atoms with van der Waals surface area (Å²) in [4.78, 5) is 22.3. The Morgan fingerprint density at radius 3 is 2.45 bits per heavy atom. The standard InChI is InChI=1S/C15H20ClNO3/c1-2-3-4-5-10-20-15(19)17-11-12-6-8-13(9-7-12)14(16)18/h6-9H,2-5,10-11H2,1H3,(H,17,19). The third-order valence-electron chi connectivity index (χ3n) is 2.85. The zero-order valence-corrected chi connectivity index (χ0v) is 12.4. The van der Waals surface area contributed by atoms with Crippen LogP contribution in [0.4, 0.5) is 4.79 Å². The fourth-order valence-corrected chi connectivity index (χ4v) is 1.80.